The van der Waals surface area contributed by atoms with Crippen LogP contribution in [0.25, 0.3) is 0 Å². The summed E-state index contributed by atoms with van der Waals surface area (Å²) in [5, 5.41) is 0. The molecule has 3 rings (SSSR count). The molecule has 1 heterocycles. The van der Waals surface area contributed by atoms with Gasteiger partial charge in [0.1, 0.15) is 12.4 Å². The van der Waals surface area contributed by atoms with Gasteiger partial charge in [0, 0.05) is 12.6 Å². The fourth-order valence-electron chi connectivity index (χ4n) is 3.08. The number of hydrogen-bond donors (Lipinski definition) is 1. The van der Waals surface area contributed by atoms with Gasteiger partial charge in [-0.3, -0.25) is 4.90 Å². The molecule has 2 N–H and O–H groups in total. The zero-order valence-corrected chi connectivity index (χ0v) is 10.9. The van der Waals surface area contributed by atoms with E-state index in [0.717, 1.165) is 31.7 Å². The first-order chi connectivity index (χ1) is 8.84. The summed E-state index contributed by atoms with van der Waals surface area (Å²) in [7, 11) is 0. The minimum Gasteiger partial charge on any atom is -0.492 e. The third-order valence-corrected chi connectivity index (χ3v) is 4.14. The lowest BCUT2D eigenvalue weighted by Gasteiger charge is -2.16. The largest absolute Gasteiger partial charge is 0.492 e. The molecule has 1 saturated heterocycles. The molecule has 3 nitrogen and oxygen atoms in total. The second kappa shape index (κ2) is 5.29. The summed E-state index contributed by atoms with van der Waals surface area (Å²) in [6.07, 6.45) is 4.81. The molecule has 1 atom stereocenters. The average Bonchev–Trinajstić information content (AvgIpc) is 3.01. The van der Waals surface area contributed by atoms with Gasteiger partial charge in [-0.1, -0.05) is 12.1 Å². The van der Waals surface area contributed by atoms with Gasteiger partial charge in [-0.15, -0.1) is 0 Å². The van der Waals surface area contributed by atoms with Crippen LogP contribution in [-0.4, -0.2) is 31.1 Å². The van der Waals surface area contributed by atoms with Crippen molar-refractivity contribution in [3.8, 4) is 5.75 Å². The summed E-state index contributed by atoms with van der Waals surface area (Å²) < 4.78 is 5.96. The van der Waals surface area contributed by atoms with Crippen molar-refractivity contribution in [3.63, 3.8) is 0 Å². The first kappa shape index (κ1) is 12.0. The van der Waals surface area contributed by atoms with E-state index in [4.69, 9.17) is 10.5 Å². The van der Waals surface area contributed by atoms with Crippen molar-refractivity contribution in [2.75, 3.05) is 26.2 Å². The second-order valence-electron chi connectivity index (χ2n) is 5.37. The lowest BCUT2D eigenvalue weighted by molar-refractivity contribution is 0.236. The molecule has 1 aromatic carbocycles. The SMILES string of the molecule is NC1CCc2c(OCCN3CCCC3)cccc21. The normalized spacial score (nSPS) is 23.3. The van der Waals surface area contributed by atoms with E-state index in [0.29, 0.717) is 0 Å². The highest BCUT2D eigenvalue weighted by molar-refractivity contribution is 5.44. The Morgan fingerprint density at radius 2 is 2.11 bits per heavy atom. The maximum atomic E-state index is 6.08. The van der Waals surface area contributed by atoms with Crippen LogP contribution in [0.1, 0.15) is 36.4 Å². The van der Waals surface area contributed by atoms with Crippen LogP contribution >= 0.6 is 0 Å². The molecule has 0 aromatic heterocycles. The van der Waals surface area contributed by atoms with Crippen LogP contribution in [0.2, 0.25) is 0 Å². The van der Waals surface area contributed by atoms with Crippen molar-refractivity contribution < 1.29 is 4.74 Å². The molecule has 1 fully saturated rings. The van der Waals surface area contributed by atoms with Gasteiger partial charge in [0.25, 0.3) is 0 Å². The number of rotatable bonds is 4. The van der Waals surface area contributed by atoms with Gasteiger partial charge in [0.15, 0.2) is 0 Å². The van der Waals surface area contributed by atoms with Crippen LogP contribution in [0.4, 0.5) is 0 Å². The Morgan fingerprint density at radius 1 is 1.28 bits per heavy atom. The average molecular weight is 246 g/mol. The summed E-state index contributed by atoms with van der Waals surface area (Å²) >= 11 is 0. The van der Waals surface area contributed by atoms with E-state index in [-0.39, 0.29) is 6.04 Å². The van der Waals surface area contributed by atoms with Gasteiger partial charge >= 0.3 is 0 Å². The van der Waals surface area contributed by atoms with Crippen molar-refractivity contribution in [2.24, 2.45) is 5.73 Å². The van der Waals surface area contributed by atoms with Gasteiger partial charge in [0.05, 0.1) is 0 Å². The number of fused-ring (bicyclic) bond motifs is 1. The molecule has 1 unspecified atom stereocenters. The molecule has 0 spiro atoms. The second-order valence-corrected chi connectivity index (χ2v) is 5.37. The quantitative estimate of drug-likeness (QED) is 0.884. The smallest absolute Gasteiger partial charge is 0.122 e. The molecule has 0 amide bonds. The van der Waals surface area contributed by atoms with Crippen LogP contribution < -0.4 is 10.5 Å². The van der Waals surface area contributed by atoms with Gasteiger partial charge in [-0.25, -0.2) is 0 Å². The highest BCUT2D eigenvalue weighted by atomic mass is 16.5. The molecular weight excluding hydrogens is 224 g/mol. The summed E-state index contributed by atoms with van der Waals surface area (Å²) in [4.78, 5) is 2.48. The molecule has 18 heavy (non-hydrogen) atoms. The van der Waals surface area contributed by atoms with Gasteiger partial charge in [-0.05, 0) is 56.0 Å². The Balaban J connectivity index is 1.59. The summed E-state index contributed by atoms with van der Waals surface area (Å²) in [5.41, 5.74) is 8.70. The topological polar surface area (TPSA) is 38.5 Å². The predicted molar refractivity (Wildman–Crippen MR) is 72.9 cm³/mol. The number of benzene rings is 1. The molecule has 1 aromatic rings. The lowest BCUT2D eigenvalue weighted by atomic mass is 10.1. The van der Waals surface area contributed by atoms with Crippen molar-refractivity contribution in [2.45, 2.75) is 31.7 Å². The number of hydrogen-bond acceptors (Lipinski definition) is 3. The first-order valence-corrected chi connectivity index (χ1v) is 7.07. The van der Waals surface area contributed by atoms with E-state index >= 15 is 0 Å². The van der Waals surface area contributed by atoms with Crippen molar-refractivity contribution in [1.29, 1.82) is 0 Å². The number of nitrogens with two attached hydrogens (primary N) is 1. The fourth-order valence-corrected chi connectivity index (χ4v) is 3.08. The summed E-state index contributed by atoms with van der Waals surface area (Å²) in [5.74, 6) is 1.06. The Morgan fingerprint density at radius 3 is 2.94 bits per heavy atom. The van der Waals surface area contributed by atoms with Crippen LogP contribution in [0, 0.1) is 0 Å². The monoisotopic (exact) mass is 246 g/mol. The summed E-state index contributed by atoms with van der Waals surface area (Å²) in [6.45, 7) is 4.32. The van der Waals surface area contributed by atoms with Crippen molar-refractivity contribution in [1.82, 2.24) is 4.90 Å². The van der Waals surface area contributed by atoms with E-state index in [1.165, 1.54) is 37.1 Å². The molecule has 2 aliphatic rings. The maximum absolute atomic E-state index is 6.08. The molecule has 0 radical (unpaired) electrons. The summed E-state index contributed by atoms with van der Waals surface area (Å²) in [6, 6.07) is 6.50. The zero-order chi connectivity index (χ0) is 12.4. The Bertz CT molecular complexity index is 413. The molecule has 1 aliphatic carbocycles. The molecule has 0 bridgehead atoms. The van der Waals surface area contributed by atoms with E-state index in [1.54, 1.807) is 0 Å². The lowest BCUT2D eigenvalue weighted by Crippen LogP contribution is -2.25. The van der Waals surface area contributed by atoms with E-state index in [2.05, 4.69) is 23.1 Å². The molecule has 0 saturated carbocycles. The highest BCUT2D eigenvalue weighted by Crippen LogP contribution is 2.35. The highest BCUT2D eigenvalue weighted by Gasteiger charge is 2.22. The van der Waals surface area contributed by atoms with Crippen molar-refractivity contribution in [3.05, 3.63) is 29.3 Å². The van der Waals surface area contributed by atoms with Gasteiger partial charge in [0.2, 0.25) is 0 Å². The zero-order valence-electron chi connectivity index (χ0n) is 10.9. The van der Waals surface area contributed by atoms with E-state index < -0.39 is 0 Å². The number of likely N-dealkylation sites (tertiary alicyclic amines) is 1. The van der Waals surface area contributed by atoms with Crippen LogP contribution in [0.5, 0.6) is 5.75 Å². The first-order valence-electron chi connectivity index (χ1n) is 7.07. The van der Waals surface area contributed by atoms with Crippen molar-refractivity contribution >= 4 is 0 Å². The molecule has 3 heteroatoms. The Hall–Kier alpha value is -1.06. The van der Waals surface area contributed by atoms with Crippen LogP contribution in [0.15, 0.2) is 18.2 Å². The fraction of sp³-hybridized carbons (Fsp3) is 0.600. The Labute approximate surface area is 109 Å². The molecule has 1 aliphatic heterocycles. The van der Waals surface area contributed by atoms with E-state index in [1.807, 2.05) is 0 Å². The number of nitrogens with zero attached hydrogens (tertiary/aromatic N) is 1. The van der Waals surface area contributed by atoms with Crippen LogP contribution in [-0.2, 0) is 6.42 Å². The van der Waals surface area contributed by atoms with Gasteiger partial charge < -0.3 is 10.5 Å². The standard InChI is InChI=1S/C15H22N2O/c16-14-7-6-13-12(14)4-3-5-15(13)18-11-10-17-8-1-2-9-17/h3-5,14H,1-2,6-11,16H2. The molecule has 98 valence electrons. The third-order valence-electron chi connectivity index (χ3n) is 4.14. The molecular formula is C15H22N2O. The Kier molecular flexibility index (Phi) is 3.52. The minimum absolute atomic E-state index is 0.210. The predicted octanol–water partition coefficient (Wildman–Crippen LogP) is 2.11. The maximum Gasteiger partial charge on any atom is 0.122 e. The van der Waals surface area contributed by atoms with Gasteiger partial charge in [-0.2, -0.15) is 0 Å². The van der Waals surface area contributed by atoms with Crippen LogP contribution in [0.3, 0.4) is 0 Å². The third kappa shape index (κ3) is 2.38. The minimum atomic E-state index is 0.210. The van der Waals surface area contributed by atoms with E-state index in [9.17, 15) is 0 Å². The number of ether oxygens (including phenoxy) is 1.